The maximum absolute atomic E-state index is 5.62. The van der Waals surface area contributed by atoms with Crippen LogP contribution in [0.1, 0.15) is 26.7 Å². The predicted octanol–water partition coefficient (Wildman–Crippen LogP) is 2.53. The first kappa shape index (κ1) is 18.0. The Balaban J connectivity index is 0.00000220. The number of hydrogen-bond acceptors (Lipinski definition) is 6. The van der Waals surface area contributed by atoms with E-state index in [1.54, 1.807) is 11.8 Å². The molecule has 0 aliphatic rings. The molecule has 2 aromatic rings. The fourth-order valence-corrected chi connectivity index (χ4v) is 2.55. The van der Waals surface area contributed by atoms with Crippen molar-refractivity contribution >= 4 is 41.0 Å². The maximum Gasteiger partial charge on any atom is 0.191 e. The molecule has 0 aliphatic heterocycles. The molecule has 0 fully saturated rings. The van der Waals surface area contributed by atoms with Gasteiger partial charge in [-0.15, -0.1) is 12.4 Å². The van der Waals surface area contributed by atoms with Crippen LogP contribution < -0.4 is 11.1 Å². The summed E-state index contributed by atoms with van der Waals surface area (Å²) < 4.78 is 1.85. The van der Waals surface area contributed by atoms with E-state index in [1.165, 1.54) is 0 Å². The molecular weight excluding hydrogens is 308 g/mol. The molecule has 0 spiro atoms. The number of nitrogens with zero attached hydrogens (tertiary/aromatic N) is 4. The fraction of sp³-hybridized carbons (Fsp3) is 0.615. The molecule has 0 aromatic carbocycles. The van der Waals surface area contributed by atoms with E-state index in [2.05, 4.69) is 34.2 Å². The highest BCUT2D eigenvalue weighted by atomic mass is 35.5. The molecule has 0 atom stereocenters. The lowest BCUT2D eigenvalue weighted by atomic mass is 10.3. The second-order valence-electron chi connectivity index (χ2n) is 4.52. The SMILES string of the molecule is CCCNc1nc(SCCC)nc2c1cnn2CCN.Cl. The molecule has 0 saturated carbocycles. The van der Waals surface area contributed by atoms with Crippen LogP contribution in [-0.4, -0.2) is 38.6 Å². The van der Waals surface area contributed by atoms with Gasteiger partial charge in [0.1, 0.15) is 5.82 Å². The highest BCUT2D eigenvalue weighted by Gasteiger charge is 2.12. The van der Waals surface area contributed by atoms with E-state index in [-0.39, 0.29) is 12.4 Å². The van der Waals surface area contributed by atoms with Gasteiger partial charge in [-0.05, 0) is 12.8 Å². The molecule has 0 amide bonds. The van der Waals surface area contributed by atoms with E-state index in [0.29, 0.717) is 13.1 Å². The quantitative estimate of drug-likeness (QED) is 0.571. The number of rotatable bonds is 8. The summed E-state index contributed by atoms with van der Waals surface area (Å²) in [6, 6.07) is 0. The molecule has 6 nitrogen and oxygen atoms in total. The number of fused-ring (bicyclic) bond motifs is 1. The lowest BCUT2D eigenvalue weighted by molar-refractivity contribution is 0.637. The lowest BCUT2D eigenvalue weighted by Crippen LogP contribution is -2.12. The highest BCUT2D eigenvalue weighted by Crippen LogP contribution is 2.24. The van der Waals surface area contributed by atoms with E-state index in [4.69, 9.17) is 5.73 Å². The van der Waals surface area contributed by atoms with Crippen LogP contribution in [-0.2, 0) is 6.54 Å². The first-order valence-corrected chi connectivity index (χ1v) is 8.09. The molecule has 2 rings (SSSR count). The van der Waals surface area contributed by atoms with Gasteiger partial charge in [-0.25, -0.2) is 14.6 Å². The van der Waals surface area contributed by atoms with Crippen LogP contribution in [0.15, 0.2) is 11.4 Å². The van der Waals surface area contributed by atoms with Crippen molar-refractivity contribution in [3.63, 3.8) is 0 Å². The van der Waals surface area contributed by atoms with Crippen LogP contribution in [0.2, 0.25) is 0 Å². The monoisotopic (exact) mass is 330 g/mol. The van der Waals surface area contributed by atoms with Crippen LogP contribution in [0, 0.1) is 0 Å². The van der Waals surface area contributed by atoms with Gasteiger partial charge >= 0.3 is 0 Å². The predicted molar refractivity (Wildman–Crippen MR) is 91.4 cm³/mol. The van der Waals surface area contributed by atoms with Crippen molar-refractivity contribution in [1.82, 2.24) is 19.7 Å². The Morgan fingerprint density at radius 2 is 2.10 bits per heavy atom. The van der Waals surface area contributed by atoms with Crippen molar-refractivity contribution in [3.05, 3.63) is 6.20 Å². The van der Waals surface area contributed by atoms with Crippen molar-refractivity contribution in [1.29, 1.82) is 0 Å². The van der Waals surface area contributed by atoms with E-state index in [1.807, 2.05) is 10.9 Å². The van der Waals surface area contributed by atoms with E-state index < -0.39 is 0 Å². The third kappa shape index (κ3) is 4.46. The molecule has 0 aliphatic carbocycles. The highest BCUT2D eigenvalue weighted by molar-refractivity contribution is 7.99. The number of hydrogen-bond donors (Lipinski definition) is 2. The molecule has 0 saturated heterocycles. The summed E-state index contributed by atoms with van der Waals surface area (Å²) in [5, 5.41) is 9.49. The third-order valence-electron chi connectivity index (χ3n) is 2.79. The minimum Gasteiger partial charge on any atom is -0.369 e. The average Bonchev–Trinajstić information content (AvgIpc) is 2.86. The van der Waals surface area contributed by atoms with Gasteiger partial charge in [-0.2, -0.15) is 5.10 Å². The number of anilines is 1. The summed E-state index contributed by atoms with van der Waals surface area (Å²) in [6.07, 6.45) is 3.98. The fourth-order valence-electron chi connectivity index (χ4n) is 1.86. The van der Waals surface area contributed by atoms with Gasteiger partial charge < -0.3 is 11.1 Å². The average molecular weight is 331 g/mol. The summed E-state index contributed by atoms with van der Waals surface area (Å²) in [5.74, 6) is 1.89. The Bertz CT molecular complexity index is 559. The van der Waals surface area contributed by atoms with Gasteiger partial charge in [0.15, 0.2) is 10.8 Å². The molecule has 118 valence electrons. The van der Waals surface area contributed by atoms with Crippen molar-refractivity contribution in [2.45, 2.75) is 38.4 Å². The topological polar surface area (TPSA) is 81.7 Å². The molecular formula is C13H23ClN6S. The smallest absolute Gasteiger partial charge is 0.191 e. The number of nitrogens with one attached hydrogen (secondary N) is 1. The summed E-state index contributed by atoms with van der Waals surface area (Å²) in [5.41, 5.74) is 6.49. The summed E-state index contributed by atoms with van der Waals surface area (Å²) >= 11 is 1.68. The zero-order chi connectivity index (χ0) is 14.4. The van der Waals surface area contributed by atoms with Gasteiger partial charge in [0.05, 0.1) is 18.1 Å². The summed E-state index contributed by atoms with van der Waals surface area (Å²) in [4.78, 5) is 9.22. The van der Waals surface area contributed by atoms with Gasteiger partial charge in [0, 0.05) is 18.8 Å². The third-order valence-corrected chi connectivity index (χ3v) is 3.85. The van der Waals surface area contributed by atoms with Gasteiger partial charge in [-0.1, -0.05) is 25.6 Å². The molecule has 3 N–H and O–H groups in total. The van der Waals surface area contributed by atoms with Crippen LogP contribution in [0.25, 0.3) is 11.0 Å². The molecule has 2 heterocycles. The van der Waals surface area contributed by atoms with Crippen LogP contribution in [0.5, 0.6) is 0 Å². The summed E-state index contributed by atoms with van der Waals surface area (Å²) in [7, 11) is 0. The largest absolute Gasteiger partial charge is 0.369 e. The zero-order valence-corrected chi connectivity index (χ0v) is 14.1. The molecule has 2 aromatic heterocycles. The Hall–Kier alpha value is -1.05. The maximum atomic E-state index is 5.62. The molecule has 8 heteroatoms. The number of nitrogens with two attached hydrogens (primary N) is 1. The Kier molecular flexibility index (Phi) is 7.77. The number of aromatic nitrogens is 4. The molecule has 0 bridgehead atoms. The Labute approximate surface area is 135 Å². The Morgan fingerprint density at radius 3 is 2.76 bits per heavy atom. The van der Waals surface area contributed by atoms with Crippen molar-refractivity contribution in [2.24, 2.45) is 5.73 Å². The van der Waals surface area contributed by atoms with Crippen LogP contribution in [0.4, 0.5) is 5.82 Å². The molecule has 0 radical (unpaired) electrons. The minimum atomic E-state index is 0. The van der Waals surface area contributed by atoms with E-state index >= 15 is 0 Å². The van der Waals surface area contributed by atoms with E-state index in [9.17, 15) is 0 Å². The minimum absolute atomic E-state index is 0. The molecule has 21 heavy (non-hydrogen) atoms. The van der Waals surface area contributed by atoms with Gasteiger partial charge in [0.2, 0.25) is 0 Å². The second kappa shape index (κ2) is 9.07. The van der Waals surface area contributed by atoms with Crippen molar-refractivity contribution < 1.29 is 0 Å². The van der Waals surface area contributed by atoms with Gasteiger partial charge in [0.25, 0.3) is 0 Å². The molecule has 0 unspecified atom stereocenters. The number of thioether (sulfide) groups is 1. The van der Waals surface area contributed by atoms with Crippen molar-refractivity contribution in [3.8, 4) is 0 Å². The Morgan fingerprint density at radius 1 is 1.29 bits per heavy atom. The first-order chi connectivity index (χ1) is 9.80. The lowest BCUT2D eigenvalue weighted by Gasteiger charge is -2.08. The summed E-state index contributed by atoms with van der Waals surface area (Å²) in [6.45, 7) is 6.41. The van der Waals surface area contributed by atoms with Crippen molar-refractivity contribution in [2.75, 3.05) is 24.2 Å². The normalized spacial score (nSPS) is 10.6. The zero-order valence-electron chi connectivity index (χ0n) is 12.5. The standard InChI is InChI=1S/C13H22N6S.ClH/c1-3-6-15-11-10-9-16-19(7-5-14)12(10)18-13(17-11)20-8-4-2;/h9H,3-8,14H2,1-2H3,(H,15,17,18);1H. The first-order valence-electron chi connectivity index (χ1n) is 7.10. The number of halogens is 1. The van der Waals surface area contributed by atoms with Crippen LogP contribution >= 0.6 is 24.2 Å². The van der Waals surface area contributed by atoms with E-state index in [0.717, 1.165) is 47.1 Å². The second-order valence-corrected chi connectivity index (χ2v) is 5.59. The van der Waals surface area contributed by atoms with Gasteiger partial charge in [-0.3, -0.25) is 0 Å². The van der Waals surface area contributed by atoms with Crippen LogP contribution in [0.3, 0.4) is 0 Å².